The fraction of sp³-hybridized carbons (Fsp3) is 0.562. The Balaban J connectivity index is 2.42. The fourth-order valence-corrected chi connectivity index (χ4v) is 2.94. The second-order valence-electron chi connectivity index (χ2n) is 5.80. The molecule has 0 aromatic carbocycles. The van der Waals surface area contributed by atoms with Gasteiger partial charge < -0.3 is 15.1 Å². The number of carbonyl (C=O) groups is 1. The predicted octanol–water partition coefficient (Wildman–Crippen LogP) is 1.38. The first-order chi connectivity index (χ1) is 10.5. The van der Waals surface area contributed by atoms with Crippen molar-refractivity contribution >= 4 is 17.7 Å². The molecule has 0 aromatic heterocycles. The minimum absolute atomic E-state index is 0.0160. The fourth-order valence-electron chi connectivity index (χ4n) is 2.94. The molecule has 1 aliphatic carbocycles. The van der Waals surface area contributed by atoms with Gasteiger partial charge in [0.1, 0.15) is 11.5 Å². The van der Waals surface area contributed by atoms with Crippen molar-refractivity contribution in [1.82, 2.24) is 15.1 Å². The quantitative estimate of drug-likeness (QED) is 0.619. The summed E-state index contributed by atoms with van der Waals surface area (Å²) in [5, 5.41) is 2.95. The van der Waals surface area contributed by atoms with Crippen LogP contribution < -0.4 is 5.32 Å². The molecule has 120 valence electrons. The molecule has 0 aromatic rings. The van der Waals surface area contributed by atoms with Crippen LogP contribution in [0.1, 0.15) is 25.7 Å². The van der Waals surface area contributed by atoms with Gasteiger partial charge in [-0.1, -0.05) is 19.4 Å². The van der Waals surface area contributed by atoms with Crippen LogP contribution >= 0.6 is 0 Å². The van der Waals surface area contributed by atoms with Gasteiger partial charge in [0.2, 0.25) is 5.96 Å². The van der Waals surface area contributed by atoms with Crippen LogP contribution in [-0.2, 0) is 4.79 Å². The largest absolute Gasteiger partial charge is 0.358 e. The van der Waals surface area contributed by atoms with E-state index < -0.39 is 0 Å². The summed E-state index contributed by atoms with van der Waals surface area (Å²) in [4.78, 5) is 24.8. The summed E-state index contributed by atoms with van der Waals surface area (Å²) in [6, 6.07) is 0.308. The maximum absolute atomic E-state index is 12.5. The Morgan fingerprint density at radius 3 is 2.55 bits per heavy atom. The van der Waals surface area contributed by atoms with E-state index in [0.29, 0.717) is 17.7 Å². The van der Waals surface area contributed by atoms with E-state index in [1.807, 2.05) is 6.08 Å². The van der Waals surface area contributed by atoms with E-state index in [9.17, 15) is 4.79 Å². The molecule has 1 saturated carbocycles. The van der Waals surface area contributed by atoms with Crippen molar-refractivity contribution in [1.29, 1.82) is 0 Å². The predicted molar refractivity (Wildman–Crippen MR) is 89.9 cm³/mol. The number of hydrogen-bond donors (Lipinski definition) is 1. The molecule has 6 heteroatoms. The smallest absolute Gasteiger partial charge is 0.270 e. The van der Waals surface area contributed by atoms with Gasteiger partial charge in [0.25, 0.3) is 5.91 Å². The van der Waals surface area contributed by atoms with Crippen molar-refractivity contribution in [3.05, 3.63) is 23.9 Å². The summed E-state index contributed by atoms with van der Waals surface area (Å²) in [5.74, 6) is 1.25. The molecule has 0 radical (unpaired) electrons. The molecular formula is C16H25N5O. The number of amides is 1. The van der Waals surface area contributed by atoms with E-state index in [1.54, 1.807) is 33.1 Å². The van der Waals surface area contributed by atoms with Crippen LogP contribution in [0.25, 0.3) is 0 Å². The summed E-state index contributed by atoms with van der Waals surface area (Å²) >= 11 is 0. The summed E-state index contributed by atoms with van der Waals surface area (Å²) in [5.41, 5.74) is 1.42. The van der Waals surface area contributed by atoms with Gasteiger partial charge in [0.05, 0.1) is 0 Å². The monoisotopic (exact) mass is 303 g/mol. The third-order valence-electron chi connectivity index (χ3n) is 4.05. The lowest BCUT2D eigenvalue weighted by Crippen LogP contribution is -2.41. The molecule has 1 fully saturated rings. The highest BCUT2D eigenvalue weighted by atomic mass is 16.2. The maximum Gasteiger partial charge on any atom is 0.270 e. The Hall–Kier alpha value is -2.11. The van der Waals surface area contributed by atoms with Gasteiger partial charge in [-0.25, -0.2) is 0 Å². The van der Waals surface area contributed by atoms with Crippen molar-refractivity contribution in [3.8, 4) is 0 Å². The zero-order chi connectivity index (χ0) is 16.3. The van der Waals surface area contributed by atoms with Crippen molar-refractivity contribution in [2.45, 2.75) is 31.7 Å². The Kier molecular flexibility index (Phi) is 5.00. The van der Waals surface area contributed by atoms with Crippen LogP contribution in [0, 0.1) is 0 Å². The Morgan fingerprint density at radius 2 is 2.05 bits per heavy atom. The van der Waals surface area contributed by atoms with Gasteiger partial charge in [0, 0.05) is 39.8 Å². The van der Waals surface area contributed by atoms with E-state index in [-0.39, 0.29) is 5.91 Å². The van der Waals surface area contributed by atoms with Crippen LogP contribution in [0.3, 0.4) is 0 Å². The van der Waals surface area contributed by atoms with Crippen molar-refractivity contribution in [3.63, 3.8) is 0 Å². The number of nitrogens with one attached hydrogen (secondary N) is 1. The maximum atomic E-state index is 12.5. The van der Waals surface area contributed by atoms with Crippen molar-refractivity contribution in [2.75, 3.05) is 28.2 Å². The molecule has 1 amide bonds. The van der Waals surface area contributed by atoms with Crippen LogP contribution in [0.5, 0.6) is 0 Å². The van der Waals surface area contributed by atoms with E-state index in [4.69, 9.17) is 0 Å². The number of nitrogens with zero attached hydrogens (tertiary/aromatic N) is 4. The highest BCUT2D eigenvalue weighted by Crippen LogP contribution is 2.33. The number of rotatable bonds is 2. The standard InChI is InChI=1S/C16H25N5O/c1-11-10-13(15(22)20(4)5)21(12-8-6-7-9-12)14(11)19-16(17-2)18-3/h10,12H,1,6-9H2,2-5H3,(H,17,18)/b19-14+. The van der Waals surface area contributed by atoms with Gasteiger partial charge in [-0.15, -0.1) is 0 Å². The molecule has 1 aliphatic heterocycles. The number of guanidine groups is 1. The second-order valence-corrected chi connectivity index (χ2v) is 5.80. The normalized spacial score (nSPS) is 21.5. The zero-order valence-electron chi connectivity index (χ0n) is 13.9. The SMILES string of the molecule is C=C1C=C(C(=O)N(C)C)N(C2CCCC2)/C1=N/C(=NC)NC. The number of likely N-dealkylation sites (N-methyl/N-ethyl adjacent to an activating group) is 1. The summed E-state index contributed by atoms with van der Waals surface area (Å²) in [6.45, 7) is 4.07. The Morgan fingerprint density at radius 1 is 1.41 bits per heavy atom. The van der Waals surface area contributed by atoms with Crippen LogP contribution in [0.2, 0.25) is 0 Å². The van der Waals surface area contributed by atoms with Crippen molar-refractivity contribution in [2.24, 2.45) is 9.98 Å². The third-order valence-corrected chi connectivity index (χ3v) is 4.05. The lowest BCUT2D eigenvalue weighted by Gasteiger charge is -2.30. The summed E-state index contributed by atoms with van der Waals surface area (Å²) < 4.78 is 0. The van der Waals surface area contributed by atoms with E-state index in [0.717, 1.165) is 24.3 Å². The number of aliphatic imine (C=N–C) groups is 2. The summed E-state index contributed by atoms with van der Waals surface area (Å²) in [7, 11) is 7.00. The molecule has 6 nitrogen and oxygen atoms in total. The van der Waals surface area contributed by atoms with Gasteiger partial charge in [-0.05, 0) is 18.9 Å². The number of hydrogen-bond acceptors (Lipinski definition) is 2. The topological polar surface area (TPSA) is 60.3 Å². The minimum atomic E-state index is -0.0160. The van der Waals surface area contributed by atoms with Crippen LogP contribution in [0.15, 0.2) is 33.9 Å². The number of carbonyl (C=O) groups excluding carboxylic acids is 1. The molecule has 2 aliphatic rings. The zero-order valence-corrected chi connectivity index (χ0v) is 13.9. The first kappa shape index (κ1) is 16.3. The molecule has 0 spiro atoms. The first-order valence-electron chi connectivity index (χ1n) is 7.64. The van der Waals surface area contributed by atoms with E-state index >= 15 is 0 Å². The average Bonchev–Trinajstić information content (AvgIpc) is 3.11. The lowest BCUT2D eigenvalue weighted by atomic mass is 10.2. The number of amidine groups is 1. The van der Waals surface area contributed by atoms with Gasteiger partial charge in [-0.2, -0.15) is 4.99 Å². The molecule has 1 heterocycles. The molecule has 2 rings (SSSR count). The van der Waals surface area contributed by atoms with Gasteiger partial charge in [-0.3, -0.25) is 9.79 Å². The highest BCUT2D eigenvalue weighted by molar-refractivity contribution is 6.14. The van der Waals surface area contributed by atoms with Crippen molar-refractivity contribution < 1.29 is 4.79 Å². The van der Waals surface area contributed by atoms with Gasteiger partial charge in [0.15, 0.2) is 0 Å². The van der Waals surface area contributed by atoms with Gasteiger partial charge >= 0.3 is 0 Å². The second kappa shape index (κ2) is 6.77. The molecule has 0 saturated heterocycles. The molecule has 22 heavy (non-hydrogen) atoms. The highest BCUT2D eigenvalue weighted by Gasteiger charge is 2.36. The van der Waals surface area contributed by atoms with E-state index in [1.165, 1.54) is 12.8 Å². The van der Waals surface area contributed by atoms with Crippen LogP contribution in [-0.4, -0.2) is 61.7 Å². The average molecular weight is 303 g/mol. The molecular weight excluding hydrogens is 278 g/mol. The lowest BCUT2D eigenvalue weighted by molar-refractivity contribution is -0.126. The molecule has 0 atom stereocenters. The Labute approximate surface area is 132 Å². The third kappa shape index (κ3) is 3.05. The Bertz CT molecular complexity index is 553. The van der Waals surface area contributed by atoms with Crippen LogP contribution in [0.4, 0.5) is 0 Å². The van der Waals surface area contributed by atoms with E-state index in [2.05, 4.69) is 26.8 Å². The minimum Gasteiger partial charge on any atom is -0.358 e. The summed E-state index contributed by atoms with van der Waals surface area (Å²) in [6.07, 6.45) is 6.35. The molecule has 1 N–H and O–H groups in total. The molecule has 0 bridgehead atoms. The first-order valence-corrected chi connectivity index (χ1v) is 7.64. The molecule has 0 unspecified atom stereocenters.